The van der Waals surface area contributed by atoms with Crippen LogP contribution in [0.2, 0.25) is 0 Å². The van der Waals surface area contributed by atoms with Gasteiger partial charge >= 0.3 is 5.97 Å². The molecule has 0 saturated carbocycles. The van der Waals surface area contributed by atoms with Gasteiger partial charge in [0.15, 0.2) is 0 Å². The highest BCUT2D eigenvalue weighted by molar-refractivity contribution is 7.09. The van der Waals surface area contributed by atoms with Crippen LogP contribution in [0.25, 0.3) is 6.08 Å². The number of piperazine rings is 1. The van der Waals surface area contributed by atoms with Crippen LogP contribution >= 0.6 is 11.3 Å². The number of nitrogens with zero attached hydrogens (tertiary/aromatic N) is 3. The van der Waals surface area contributed by atoms with Gasteiger partial charge in [-0.3, -0.25) is 14.6 Å². The molecule has 1 fully saturated rings. The largest absolute Gasteiger partial charge is 0.463 e. The molecule has 0 aliphatic carbocycles. The molecule has 160 valence electrons. The Labute approximate surface area is 181 Å². The van der Waals surface area contributed by atoms with Gasteiger partial charge in [0.1, 0.15) is 0 Å². The number of thiazole rings is 1. The van der Waals surface area contributed by atoms with E-state index in [2.05, 4.69) is 25.5 Å². The number of aromatic nitrogens is 1. The van der Waals surface area contributed by atoms with Gasteiger partial charge in [-0.25, -0.2) is 9.78 Å². The van der Waals surface area contributed by atoms with Crippen LogP contribution in [-0.2, 0) is 20.9 Å². The highest BCUT2D eigenvalue weighted by atomic mass is 32.1. The summed E-state index contributed by atoms with van der Waals surface area (Å²) in [5, 5.41) is 6.16. The molecule has 0 bridgehead atoms. The molecule has 0 spiro atoms. The Morgan fingerprint density at radius 2 is 1.87 bits per heavy atom. The topological polar surface area (TPSA) is 74.8 Å². The van der Waals surface area contributed by atoms with Crippen LogP contribution < -0.4 is 5.32 Å². The molecule has 1 aromatic heterocycles. The summed E-state index contributed by atoms with van der Waals surface area (Å²) in [5.41, 5.74) is 2.74. The Hall–Kier alpha value is -2.55. The Morgan fingerprint density at radius 1 is 1.17 bits per heavy atom. The highest BCUT2D eigenvalue weighted by Gasteiger charge is 2.19. The lowest BCUT2D eigenvalue weighted by Crippen LogP contribution is -2.48. The van der Waals surface area contributed by atoms with E-state index in [4.69, 9.17) is 4.74 Å². The van der Waals surface area contributed by atoms with Gasteiger partial charge in [0.05, 0.1) is 23.9 Å². The lowest BCUT2D eigenvalue weighted by atomic mass is 10.2. The maximum Gasteiger partial charge on any atom is 0.330 e. The number of hydrogen-bond acceptors (Lipinski definition) is 7. The SMILES string of the molecule is CCOC(=O)C=Cc1ccc(NC(=O)CN2CCN(Cc3csc(C)n3)CC2)cc1. The Bertz CT molecular complexity index is 871. The van der Waals surface area contributed by atoms with E-state index in [1.807, 2.05) is 31.2 Å². The first-order chi connectivity index (χ1) is 14.5. The van der Waals surface area contributed by atoms with Crippen LogP contribution in [0.15, 0.2) is 35.7 Å². The second-order valence-corrected chi connectivity index (χ2v) is 8.23. The molecule has 7 nitrogen and oxygen atoms in total. The molecule has 0 atom stereocenters. The van der Waals surface area contributed by atoms with E-state index in [1.54, 1.807) is 24.3 Å². The molecule has 1 saturated heterocycles. The number of aryl methyl sites for hydroxylation is 1. The minimum absolute atomic E-state index is 0.0200. The zero-order valence-electron chi connectivity index (χ0n) is 17.5. The summed E-state index contributed by atoms with van der Waals surface area (Å²) in [6.45, 7) is 9.02. The molecule has 1 aromatic carbocycles. The van der Waals surface area contributed by atoms with Crippen molar-refractivity contribution in [2.75, 3.05) is 44.6 Å². The number of nitrogens with one attached hydrogen (secondary N) is 1. The van der Waals surface area contributed by atoms with Crippen molar-refractivity contribution in [1.29, 1.82) is 0 Å². The van der Waals surface area contributed by atoms with Gasteiger partial charge in [0, 0.05) is 49.9 Å². The third-order valence-corrected chi connectivity index (χ3v) is 5.60. The maximum absolute atomic E-state index is 12.4. The standard InChI is InChI=1S/C22H28N4O3S/c1-3-29-22(28)9-6-18-4-7-19(8-5-18)24-21(27)15-26-12-10-25(11-13-26)14-20-16-30-17(2)23-20/h4-9,16H,3,10-15H2,1-2H3,(H,24,27). The van der Waals surface area contributed by atoms with Crippen molar-refractivity contribution >= 4 is 35.0 Å². The number of anilines is 1. The van der Waals surface area contributed by atoms with Gasteiger partial charge in [-0.1, -0.05) is 12.1 Å². The van der Waals surface area contributed by atoms with Gasteiger partial charge < -0.3 is 10.1 Å². The molecule has 8 heteroatoms. The van der Waals surface area contributed by atoms with Crippen molar-refractivity contribution < 1.29 is 14.3 Å². The summed E-state index contributed by atoms with van der Waals surface area (Å²) in [4.78, 5) is 32.8. The summed E-state index contributed by atoms with van der Waals surface area (Å²) < 4.78 is 4.86. The van der Waals surface area contributed by atoms with E-state index in [9.17, 15) is 9.59 Å². The molecule has 30 heavy (non-hydrogen) atoms. The van der Waals surface area contributed by atoms with Crippen molar-refractivity contribution in [1.82, 2.24) is 14.8 Å². The predicted octanol–water partition coefficient (Wildman–Crippen LogP) is 2.78. The van der Waals surface area contributed by atoms with Gasteiger partial charge in [-0.15, -0.1) is 11.3 Å². The number of carbonyl (C=O) groups is 2. The monoisotopic (exact) mass is 428 g/mol. The van der Waals surface area contributed by atoms with E-state index >= 15 is 0 Å². The van der Waals surface area contributed by atoms with Crippen molar-refractivity contribution in [3.63, 3.8) is 0 Å². The number of amides is 1. The van der Waals surface area contributed by atoms with Crippen LogP contribution in [0.1, 0.15) is 23.2 Å². The van der Waals surface area contributed by atoms with Crippen LogP contribution in [0.5, 0.6) is 0 Å². The quantitative estimate of drug-likeness (QED) is 0.515. The van der Waals surface area contributed by atoms with E-state index < -0.39 is 0 Å². The van der Waals surface area contributed by atoms with E-state index in [0.29, 0.717) is 13.2 Å². The second kappa shape index (κ2) is 11.0. The number of esters is 1. The third kappa shape index (κ3) is 7.05. The first-order valence-corrected chi connectivity index (χ1v) is 11.0. The minimum atomic E-state index is -0.364. The van der Waals surface area contributed by atoms with E-state index in [-0.39, 0.29) is 11.9 Å². The molecule has 0 radical (unpaired) electrons. The van der Waals surface area contributed by atoms with Gasteiger partial charge in [-0.05, 0) is 37.6 Å². The number of ether oxygens (including phenoxy) is 1. The number of hydrogen-bond donors (Lipinski definition) is 1. The first-order valence-electron chi connectivity index (χ1n) is 10.1. The number of carbonyl (C=O) groups excluding carboxylic acids is 2. The van der Waals surface area contributed by atoms with Gasteiger partial charge in [0.2, 0.25) is 5.91 Å². The molecule has 2 heterocycles. The molecule has 2 aromatic rings. The molecular formula is C22H28N4O3S. The summed E-state index contributed by atoms with van der Waals surface area (Å²) >= 11 is 1.68. The summed E-state index contributed by atoms with van der Waals surface area (Å²) in [5.74, 6) is -0.384. The molecule has 1 amide bonds. The second-order valence-electron chi connectivity index (χ2n) is 7.17. The van der Waals surface area contributed by atoms with Crippen LogP contribution in [0.4, 0.5) is 5.69 Å². The predicted molar refractivity (Wildman–Crippen MR) is 119 cm³/mol. The molecule has 1 aliphatic heterocycles. The Balaban J connectivity index is 1.40. The Morgan fingerprint density at radius 3 is 2.50 bits per heavy atom. The smallest absolute Gasteiger partial charge is 0.330 e. The number of rotatable bonds is 8. The maximum atomic E-state index is 12.4. The van der Waals surface area contributed by atoms with Crippen molar-refractivity contribution in [3.8, 4) is 0 Å². The van der Waals surface area contributed by atoms with Crippen molar-refractivity contribution in [2.24, 2.45) is 0 Å². The van der Waals surface area contributed by atoms with Crippen LogP contribution in [-0.4, -0.2) is 66.0 Å². The molecule has 0 unspecified atom stereocenters. The average molecular weight is 429 g/mol. The summed E-state index contributed by atoms with van der Waals surface area (Å²) in [6, 6.07) is 7.36. The fraction of sp³-hybridized carbons (Fsp3) is 0.409. The first kappa shape index (κ1) is 22.1. The lowest BCUT2D eigenvalue weighted by Gasteiger charge is -2.33. The minimum Gasteiger partial charge on any atom is -0.463 e. The van der Waals surface area contributed by atoms with Crippen LogP contribution in [0, 0.1) is 6.92 Å². The summed E-state index contributed by atoms with van der Waals surface area (Å²) in [6.07, 6.45) is 3.09. The van der Waals surface area contributed by atoms with Crippen LogP contribution in [0.3, 0.4) is 0 Å². The summed E-state index contributed by atoms with van der Waals surface area (Å²) in [7, 11) is 0. The fourth-order valence-corrected chi connectivity index (χ4v) is 3.86. The van der Waals surface area contributed by atoms with Crippen molar-refractivity contribution in [2.45, 2.75) is 20.4 Å². The lowest BCUT2D eigenvalue weighted by molar-refractivity contribution is -0.137. The fourth-order valence-electron chi connectivity index (χ4n) is 3.25. The number of benzene rings is 1. The molecule has 3 rings (SSSR count). The molecule has 1 aliphatic rings. The van der Waals surface area contributed by atoms with E-state index in [0.717, 1.165) is 54.7 Å². The highest BCUT2D eigenvalue weighted by Crippen LogP contribution is 2.13. The van der Waals surface area contributed by atoms with E-state index in [1.165, 1.54) is 6.08 Å². The van der Waals surface area contributed by atoms with Gasteiger partial charge in [-0.2, -0.15) is 0 Å². The zero-order valence-corrected chi connectivity index (χ0v) is 18.3. The normalized spacial score (nSPS) is 15.4. The van der Waals surface area contributed by atoms with Gasteiger partial charge in [0.25, 0.3) is 0 Å². The third-order valence-electron chi connectivity index (χ3n) is 4.78. The average Bonchev–Trinajstić information content (AvgIpc) is 3.14. The Kier molecular flexibility index (Phi) is 8.12. The van der Waals surface area contributed by atoms with Crippen molar-refractivity contribution in [3.05, 3.63) is 52.0 Å². The zero-order chi connectivity index (χ0) is 21.3. The molecular weight excluding hydrogens is 400 g/mol. The molecule has 1 N–H and O–H groups in total.